The molecule has 0 radical (unpaired) electrons. The molecule has 2 aromatic rings. The highest BCUT2D eigenvalue weighted by Crippen LogP contribution is 2.21. The van der Waals surface area contributed by atoms with Crippen molar-refractivity contribution in [2.24, 2.45) is 0 Å². The molecule has 1 aromatic heterocycles. The number of nitrogens with one attached hydrogen (secondary N) is 1. The molecule has 0 spiro atoms. The topological polar surface area (TPSA) is 61.4 Å². The van der Waals surface area contributed by atoms with Crippen LogP contribution < -0.4 is 10.2 Å². The van der Waals surface area contributed by atoms with Gasteiger partial charge in [0.2, 0.25) is 5.91 Å². The maximum absolute atomic E-state index is 11.1. The van der Waals surface area contributed by atoms with E-state index in [1.807, 2.05) is 45.4 Å². The summed E-state index contributed by atoms with van der Waals surface area (Å²) in [5.74, 6) is 0.761. The molecule has 23 heavy (non-hydrogen) atoms. The first kappa shape index (κ1) is 16.9. The number of hydrogen-bond acceptors (Lipinski definition) is 5. The summed E-state index contributed by atoms with van der Waals surface area (Å²) < 4.78 is 0. The van der Waals surface area contributed by atoms with Crippen molar-refractivity contribution >= 4 is 17.4 Å². The minimum atomic E-state index is -0.0814. The van der Waals surface area contributed by atoms with Crippen molar-refractivity contribution in [2.75, 3.05) is 44.4 Å². The summed E-state index contributed by atoms with van der Waals surface area (Å²) in [4.78, 5) is 24.2. The summed E-state index contributed by atoms with van der Waals surface area (Å²) in [7, 11) is 6.11. The van der Waals surface area contributed by atoms with E-state index in [1.54, 1.807) is 12.4 Å². The normalized spacial score (nSPS) is 10.7. The standard InChI is InChI=1S/C17H23N5O/c1-13(23)19-15-7-5-14(6-8-15)16-11-18-12-17(20-16)22(4)10-9-21(2)3/h5-8,11-12H,9-10H2,1-4H3,(H,19,23). The molecule has 0 bridgehead atoms. The highest BCUT2D eigenvalue weighted by Gasteiger charge is 2.07. The van der Waals surface area contributed by atoms with Crippen molar-refractivity contribution in [3.63, 3.8) is 0 Å². The Morgan fingerprint density at radius 3 is 2.39 bits per heavy atom. The van der Waals surface area contributed by atoms with E-state index in [4.69, 9.17) is 0 Å². The Hall–Kier alpha value is -2.47. The predicted octanol–water partition coefficient (Wildman–Crippen LogP) is 2.10. The van der Waals surface area contributed by atoms with Crippen LogP contribution >= 0.6 is 0 Å². The van der Waals surface area contributed by atoms with Gasteiger partial charge in [0.1, 0.15) is 5.82 Å². The summed E-state index contributed by atoms with van der Waals surface area (Å²) in [6, 6.07) is 7.58. The molecular weight excluding hydrogens is 290 g/mol. The van der Waals surface area contributed by atoms with Crippen LogP contribution in [0.3, 0.4) is 0 Å². The second-order valence-corrected chi connectivity index (χ2v) is 5.75. The molecule has 0 fully saturated rings. The van der Waals surface area contributed by atoms with Gasteiger partial charge in [-0.1, -0.05) is 12.1 Å². The molecule has 1 N–H and O–H groups in total. The lowest BCUT2D eigenvalue weighted by Crippen LogP contribution is -2.29. The summed E-state index contributed by atoms with van der Waals surface area (Å²) in [5, 5.41) is 2.75. The third kappa shape index (κ3) is 5.03. The first-order chi connectivity index (χ1) is 11.0. The van der Waals surface area contributed by atoms with Gasteiger partial charge in [-0.3, -0.25) is 9.78 Å². The number of anilines is 2. The lowest BCUT2D eigenvalue weighted by molar-refractivity contribution is -0.114. The minimum Gasteiger partial charge on any atom is -0.357 e. The quantitative estimate of drug-likeness (QED) is 0.885. The number of benzene rings is 1. The van der Waals surface area contributed by atoms with E-state index in [-0.39, 0.29) is 5.91 Å². The van der Waals surface area contributed by atoms with Gasteiger partial charge < -0.3 is 15.1 Å². The Morgan fingerprint density at radius 2 is 1.78 bits per heavy atom. The van der Waals surface area contributed by atoms with Gasteiger partial charge in [-0.15, -0.1) is 0 Å². The van der Waals surface area contributed by atoms with Crippen LogP contribution in [0.25, 0.3) is 11.3 Å². The maximum Gasteiger partial charge on any atom is 0.221 e. The molecule has 1 aromatic carbocycles. The number of rotatable bonds is 6. The van der Waals surface area contributed by atoms with Crippen molar-refractivity contribution in [1.82, 2.24) is 14.9 Å². The first-order valence-corrected chi connectivity index (χ1v) is 7.51. The third-order valence-electron chi connectivity index (χ3n) is 3.40. The number of likely N-dealkylation sites (N-methyl/N-ethyl adjacent to an activating group) is 2. The molecule has 0 aliphatic rings. The maximum atomic E-state index is 11.1. The molecule has 0 atom stereocenters. The molecule has 6 heteroatoms. The highest BCUT2D eigenvalue weighted by molar-refractivity contribution is 5.88. The Balaban J connectivity index is 2.14. The van der Waals surface area contributed by atoms with E-state index in [9.17, 15) is 4.79 Å². The van der Waals surface area contributed by atoms with Crippen LogP contribution in [0.4, 0.5) is 11.5 Å². The van der Waals surface area contributed by atoms with Crippen molar-refractivity contribution < 1.29 is 4.79 Å². The first-order valence-electron chi connectivity index (χ1n) is 7.51. The van der Waals surface area contributed by atoms with Gasteiger partial charge in [0, 0.05) is 38.3 Å². The van der Waals surface area contributed by atoms with Crippen LogP contribution in [0.2, 0.25) is 0 Å². The van der Waals surface area contributed by atoms with Crippen molar-refractivity contribution in [1.29, 1.82) is 0 Å². The third-order valence-corrected chi connectivity index (χ3v) is 3.40. The molecule has 0 saturated carbocycles. The molecule has 0 aliphatic carbocycles. The van der Waals surface area contributed by atoms with Crippen LogP contribution in [0.1, 0.15) is 6.92 Å². The van der Waals surface area contributed by atoms with Crippen LogP contribution in [0.15, 0.2) is 36.7 Å². The molecule has 1 heterocycles. The Bertz CT molecular complexity index is 654. The average molecular weight is 313 g/mol. The van der Waals surface area contributed by atoms with E-state index in [0.717, 1.165) is 35.9 Å². The molecule has 1 amide bonds. The Kier molecular flexibility index (Phi) is 5.65. The van der Waals surface area contributed by atoms with E-state index in [1.165, 1.54) is 6.92 Å². The zero-order chi connectivity index (χ0) is 16.8. The predicted molar refractivity (Wildman–Crippen MR) is 93.6 cm³/mol. The molecule has 0 aliphatic heterocycles. The van der Waals surface area contributed by atoms with E-state index in [0.29, 0.717) is 0 Å². The SMILES string of the molecule is CC(=O)Nc1ccc(-c2cncc(N(C)CCN(C)C)n2)cc1. The summed E-state index contributed by atoms with van der Waals surface area (Å²) in [6.45, 7) is 3.33. The highest BCUT2D eigenvalue weighted by atomic mass is 16.1. The Morgan fingerprint density at radius 1 is 1.09 bits per heavy atom. The number of carbonyl (C=O) groups is 1. The van der Waals surface area contributed by atoms with Gasteiger partial charge >= 0.3 is 0 Å². The minimum absolute atomic E-state index is 0.0814. The van der Waals surface area contributed by atoms with E-state index >= 15 is 0 Å². The molecular formula is C17H23N5O. The van der Waals surface area contributed by atoms with Gasteiger partial charge in [0.25, 0.3) is 0 Å². The Labute approximate surface area is 137 Å². The summed E-state index contributed by atoms with van der Waals surface area (Å²) >= 11 is 0. The molecule has 122 valence electrons. The number of hydrogen-bond donors (Lipinski definition) is 1. The van der Waals surface area contributed by atoms with Crippen LogP contribution in [0, 0.1) is 0 Å². The zero-order valence-corrected chi connectivity index (χ0v) is 14.1. The fourth-order valence-electron chi connectivity index (χ4n) is 2.07. The lowest BCUT2D eigenvalue weighted by Gasteiger charge is -2.20. The van der Waals surface area contributed by atoms with Crippen molar-refractivity contribution in [3.8, 4) is 11.3 Å². The molecule has 0 unspecified atom stereocenters. The second kappa shape index (κ2) is 7.69. The van der Waals surface area contributed by atoms with Gasteiger partial charge in [-0.2, -0.15) is 0 Å². The monoisotopic (exact) mass is 313 g/mol. The fraction of sp³-hybridized carbons (Fsp3) is 0.353. The smallest absolute Gasteiger partial charge is 0.221 e. The van der Waals surface area contributed by atoms with Crippen molar-refractivity contribution in [2.45, 2.75) is 6.92 Å². The molecule has 0 saturated heterocycles. The van der Waals surface area contributed by atoms with Gasteiger partial charge in [0.15, 0.2) is 0 Å². The van der Waals surface area contributed by atoms with E-state index in [2.05, 4.69) is 25.1 Å². The van der Waals surface area contributed by atoms with Crippen LogP contribution in [0.5, 0.6) is 0 Å². The number of carbonyl (C=O) groups excluding carboxylic acids is 1. The summed E-state index contributed by atoms with van der Waals surface area (Å²) in [5.41, 5.74) is 2.55. The lowest BCUT2D eigenvalue weighted by atomic mass is 10.1. The fourth-order valence-corrected chi connectivity index (χ4v) is 2.07. The summed E-state index contributed by atoms with van der Waals surface area (Å²) in [6.07, 6.45) is 3.52. The van der Waals surface area contributed by atoms with Crippen LogP contribution in [-0.4, -0.2) is 55.0 Å². The number of aromatic nitrogens is 2. The van der Waals surface area contributed by atoms with Gasteiger partial charge in [-0.25, -0.2) is 4.98 Å². The largest absolute Gasteiger partial charge is 0.357 e. The molecule has 6 nitrogen and oxygen atoms in total. The average Bonchev–Trinajstić information content (AvgIpc) is 2.53. The van der Waals surface area contributed by atoms with Crippen molar-refractivity contribution in [3.05, 3.63) is 36.7 Å². The number of nitrogens with zero attached hydrogens (tertiary/aromatic N) is 4. The van der Waals surface area contributed by atoms with E-state index < -0.39 is 0 Å². The van der Waals surface area contributed by atoms with Gasteiger partial charge in [0.05, 0.1) is 18.1 Å². The number of amides is 1. The van der Waals surface area contributed by atoms with Crippen LogP contribution in [-0.2, 0) is 4.79 Å². The zero-order valence-electron chi connectivity index (χ0n) is 14.1. The second-order valence-electron chi connectivity index (χ2n) is 5.75. The molecule has 2 rings (SSSR count). The van der Waals surface area contributed by atoms with Gasteiger partial charge in [-0.05, 0) is 26.2 Å².